The fourth-order valence-corrected chi connectivity index (χ4v) is 4.11. The quantitative estimate of drug-likeness (QED) is 0.865. The number of nitriles is 1. The van der Waals surface area contributed by atoms with Gasteiger partial charge in [-0.1, -0.05) is 48.1 Å². The average molecular weight is 360 g/mol. The first-order valence-electron chi connectivity index (χ1n) is 9.65. The van der Waals surface area contributed by atoms with Crippen molar-refractivity contribution in [2.75, 3.05) is 0 Å². The normalized spacial score (nSPS) is 22.6. The number of rotatable bonds is 5. The van der Waals surface area contributed by atoms with Gasteiger partial charge in [0.15, 0.2) is 0 Å². The van der Waals surface area contributed by atoms with Crippen molar-refractivity contribution in [2.24, 2.45) is 11.7 Å². The molecule has 27 heavy (non-hydrogen) atoms. The minimum atomic E-state index is -0.293. The van der Waals surface area contributed by atoms with Gasteiger partial charge in [0.2, 0.25) is 11.8 Å². The van der Waals surface area contributed by atoms with Crippen LogP contribution in [-0.4, -0.2) is 10.2 Å². The summed E-state index contributed by atoms with van der Waals surface area (Å²) in [5, 5.41) is 18.1. The molecular weight excluding hydrogens is 336 g/mol. The first-order valence-corrected chi connectivity index (χ1v) is 9.65. The van der Waals surface area contributed by atoms with E-state index in [-0.39, 0.29) is 17.9 Å². The fourth-order valence-electron chi connectivity index (χ4n) is 4.11. The van der Waals surface area contributed by atoms with E-state index in [2.05, 4.69) is 46.6 Å². The number of aryl methyl sites for hydroxylation is 1. The van der Waals surface area contributed by atoms with Crippen LogP contribution in [0.4, 0.5) is 0 Å². The number of hydrogen-bond acceptors (Lipinski definition) is 5. The van der Waals surface area contributed by atoms with Gasteiger partial charge < -0.3 is 10.2 Å². The lowest BCUT2D eigenvalue weighted by atomic mass is 9.74. The zero-order chi connectivity index (χ0) is 18.6. The molecule has 138 valence electrons. The van der Waals surface area contributed by atoms with Gasteiger partial charge in [0.25, 0.3) is 0 Å². The van der Waals surface area contributed by atoms with Gasteiger partial charge in [-0.05, 0) is 49.1 Å². The molecule has 2 N–H and O–H groups in total. The molecule has 0 saturated carbocycles. The minimum Gasteiger partial charge on any atom is -0.424 e. The van der Waals surface area contributed by atoms with E-state index in [0.717, 1.165) is 31.2 Å². The molecule has 2 aliphatic rings. The molecule has 0 fully saturated rings. The monoisotopic (exact) mass is 360 g/mol. The van der Waals surface area contributed by atoms with Gasteiger partial charge in [-0.3, -0.25) is 0 Å². The van der Waals surface area contributed by atoms with Crippen LogP contribution < -0.4 is 5.73 Å². The van der Waals surface area contributed by atoms with Crippen LogP contribution >= 0.6 is 0 Å². The van der Waals surface area contributed by atoms with Crippen LogP contribution in [0.2, 0.25) is 0 Å². The fraction of sp³-hybridized carbons (Fsp3) is 0.409. The Morgan fingerprint density at radius 3 is 2.96 bits per heavy atom. The first kappa shape index (κ1) is 17.7. The van der Waals surface area contributed by atoms with Crippen LogP contribution in [0.25, 0.3) is 0 Å². The maximum atomic E-state index is 9.71. The number of benzene rings is 1. The van der Waals surface area contributed by atoms with E-state index in [9.17, 15) is 5.26 Å². The number of nitrogens with zero attached hydrogens (tertiary/aromatic N) is 3. The lowest BCUT2D eigenvalue weighted by molar-refractivity contribution is 0.353. The Kier molecular flexibility index (Phi) is 5.17. The molecule has 3 atom stereocenters. The molecule has 1 heterocycles. The molecule has 5 nitrogen and oxygen atoms in total. The lowest BCUT2D eigenvalue weighted by Crippen LogP contribution is -2.21. The molecule has 2 unspecified atom stereocenters. The van der Waals surface area contributed by atoms with Gasteiger partial charge in [-0.15, -0.1) is 10.2 Å². The van der Waals surface area contributed by atoms with Crippen molar-refractivity contribution in [3.8, 4) is 6.07 Å². The first-order chi connectivity index (χ1) is 13.2. The van der Waals surface area contributed by atoms with E-state index in [0.29, 0.717) is 24.6 Å². The van der Waals surface area contributed by atoms with Crippen molar-refractivity contribution in [1.29, 1.82) is 5.26 Å². The van der Waals surface area contributed by atoms with Gasteiger partial charge in [0.05, 0.1) is 18.0 Å². The molecule has 0 spiro atoms. The zero-order valence-electron chi connectivity index (χ0n) is 15.3. The Morgan fingerprint density at radius 2 is 2.15 bits per heavy atom. The van der Waals surface area contributed by atoms with Gasteiger partial charge in [0.1, 0.15) is 0 Å². The van der Waals surface area contributed by atoms with Crippen LogP contribution in [0.5, 0.6) is 0 Å². The molecule has 0 radical (unpaired) electrons. The molecule has 0 amide bonds. The van der Waals surface area contributed by atoms with Crippen molar-refractivity contribution in [1.82, 2.24) is 10.2 Å². The Hall–Kier alpha value is -2.71. The van der Waals surface area contributed by atoms with Gasteiger partial charge in [-0.2, -0.15) is 5.26 Å². The molecule has 1 aromatic heterocycles. The second-order valence-corrected chi connectivity index (χ2v) is 7.41. The highest BCUT2D eigenvalue weighted by molar-refractivity contribution is 5.37. The van der Waals surface area contributed by atoms with Gasteiger partial charge in [-0.25, -0.2) is 0 Å². The summed E-state index contributed by atoms with van der Waals surface area (Å²) in [4.78, 5) is 0. The SMILES string of the molecule is N#CC1c2ccccc2CCC1Cc1nnc([C@H](N)CC2=CCCC=C2)o1. The lowest BCUT2D eigenvalue weighted by Gasteiger charge is -2.28. The van der Waals surface area contributed by atoms with Gasteiger partial charge in [0, 0.05) is 6.42 Å². The van der Waals surface area contributed by atoms with Crippen molar-refractivity contribution in [3.05, 3.63) is 71.0 Å². The van der Waals surface area contributed by atoms with Crippen LogP contribution in [0.1, 0.15) is 60.6 Å². The van der Waals surface area contributed by atoms with Crippen molar-refractivity contribution in [2.45, 2.75) is 50.5 Å². The standard InChI is InChI=1S/C22H24N4O/c23-14-19-17(11-10-16-8-4-5-9-18(16)19)13-21-25-26-22(27-21)20(24)12-15-6-2-1-3-7-15/h2,4-9,17,19-20H,1,3,10-13,24H2/t17?,19?,20-/m1/s1. The summed E-state index contributed by atoms with van der Waals surface area (Å²) in [7, 11) is 0. The third kappa shape index (κ3) is 3.86. The van der Waals surface area contributed by atoms with Crippen LogP contribution in [0.15, 0.2) is 52.5 Å². The predicted octanol–water partition coefficient (Wildman–Crippen LogP) is 4.15. The van der Waals surface area contributed by atoms with Crippen molar-refractivity contribution < 1.29 is 4.42 Å². The minimum absolute atomic E-state index is 0.128. The van der Waals surface area contributed by atoms with Crippen molar-refractivity contribution >= 4 is 0 Å². The average Bonchev–Trinajstić information content (AvgIpc) is 3.17. The Morgan fingerprint density at radius 1 is 1.26 bits per heavy atom. The molecule has 0 bridgehead atoms. The van der Waals surface area contributed by atoms with E-state index in [4.69, 9.17) is 10.2 Å². The summed E-state index contributed by atoms with van der Waals surface area (Å²) in [6.07, 6.45) is 11.9. The molecule has 2 aromatic rings. The second-order valence-electron chi connectivity index (χ2n) is 7.41. The summed E-state index contributed by atoms with van der Waals surface area (Å²) < 4.78 is 5.86. The number of nitrogens with two attached hydrogens (primary N) is 1. The number of hydrogen-bond donors (Lipinski definition) is 1. The highest BCUT2D eigenvalue weighted by atomic mass is 16.4. The van der Waals surface area contributed by atoms with E-state index < -0.39 is 0 Å². The van der Waals surface area contributed by atoms with E-state index in [1.165, 1.54) is 11.1 Å². The number of allylic oxidation sites excluding steroid dienone is 3. The molecule has 4 rings (SSSR count). The maximum Gasteiger partial charge on any atom is 0.233 e. The van der Waals surface area contributed by atoms with Gasteiger partial charge >= 0.3 is 0 Å². The molecular formula is C22H24N4O. The molecule has 1 aromatic carbocycles. The van der Waals surface area contributed by atoms with E-state index in [1.807, 2.05) is 12.1 Å². The maximum absolute atomic E-state index is 9.71. The predicted molar refractivity (Wildman–Crippen MR) is 103 cm³/mol. The summed E-state index contributed by atoms with van der Waals surface area (Å²) in [5.74, 6) is 1.13. The Balaban J connectivity index is 1.44. The summed E-state index contributed by atoms with van der Waals surface area (Å²) >= 11 is 0. The van der Waals surface area contributed by atoms with Crippen LogP contribution in [0, 0.1) is 17.2 Å². The number of aromatic nitrogens is 2. The molecule has 5 heteroatoms. The highest BCUT2D eigenvalue weighted by Crippen LogP contribution is 2.37. The summed E-state index contributed by atoms with van der Waals surface area (Å²) in [6, 6.07) is 10.4. The smallest absolute Gasteiger partial charge is 0.233 e. The van der Waals surface area contributed by atoms with E-state index >= 15 is 0 Å². The Labute approximate surface area is 159 Å². The highest BCUT2D eigenvalue weighted by Gasteiger charge is 2.31. The molecule has 0 saturated heterocycles. The second kappa shape index (κ2) is 7.89. The summed E-state index contributed by atoms with van der Waals surface area (Å²) in [5.41, 5.74) is 9.91. The third-order valence-corrected chi connectivity index (χ3v) is 5.55. The van der Waals surface area contributed by atoms with E-state index in [1.54, 1.807) is 0 Å². The number of fused-ring (bicyclic) bond motifs is 1. The third-order valence-electron chi connectivity index (χ3n) is 5.55. The largest absolute Gasteiger partial charge is 0.424 e. The zero-order valence-corrected chi connectivity index (χ0v) is 15.3. The Bertz CT molecular complexity index is 905. The molecule has 0 aliphatic heterocycles. The molecule has 2 aliphatic carbocycles. The van der Waals surface area contributed by atoms with Crippen LogP contribution in [0.3, 0.4) is 0 Å². The van der Waals surface area contributed by atoms with Crippen LogP contribution in [-0.2, 0) is 12.8 Å². The topological polar surface area (TPSA) is 88.7 Å². The summed E-state index contributed by atoms with van der Waals surface area (Å²) in [6.45, 7) is 0. The van der Waals surface area contributed by atoms with Crippen molar-refractivity contribution in [3.63, 3.8) is 0 Å².